The topological polar surface area (TPSA) is 46.2 Å². The minimum Gasteiger partial charge on any atom is -0.379 e. The number of hydrogen-bond acceptors (Lipinski definition) is 4. The monoisotopic (exact) mass is 279 g/mol. The number of halogens is 1. The Kier molecular flexibility index (Phi) is 4.60. The molecular formula is C15H22FN3O. The van der Waals surface area contributed by atoms with Crippen LogP contribution in [0.5, 0.6) is 0 Å². The summed E-state index contributed by atoms with van der Waals surface area (Å²) in [6, 6.07) is 4.17. The zero-order valence-electron chi connectivity index (χ0n) is 11.6. The summed E-state index contributed by atoms with van der Waals surface area (Å²) < 4.78 is 18.4. The van der Waals surface area contributed by atoms with Crippen molar-refractivity contribution >= 4 is 0 Å². The predicted octanol–water partition coefficient (Wildman–Crippen LogP) is 1.47. The molecule has 1 aliphatic carbocycles. The lowest BCUT2D eigenvalue weighted by atomic mass is 9.94. The number of rotatable bonds is 4. The van der Waals surface area contributed by atoms with Gasteiger partial charge in [-0.15, -0.1) is 0 Å². The van der Waals surface area contributed by atoms with E-state index < -0.39 is 0 Å². The predicted molar refractivity (Wildman–Crippen MR) is 74.8 cm³/mol. The average molecular weight is 279 g/mol. The minimum atomic E-state index is -0.281. The van der Waals surface area contributed by atoms with Crippen LogP contribution in [0.4, 0.5) is 4.39 Å². The molecule has 3 atom stereocenters. The van der Waals surface area contributed by atoms with Crippen LogP contribution in [0.1, 0.15) is 25.0 Å². The van der Waals surface area contributed by atoms with Crippen LogP contribution in [0.3, 0.4) is 0 Å². The number of ether oxygens (including phenoxy) is 1. The number of morpholine rings is 1. The van der Waals surface area contributed by atoms with Crippen LogP contribution in [0, 0.1) is 11.7 Å². The molecule has 3 unspecified atom stereocenters. The Hall–Kier alpha value is -1.04. The van der Waals surface area contributed by atoms with E-state index in [1.54, 1.807) is 6.07 Å². The third-order valence-electron chi connectivity index (χ3n) is 4.37. The van der Waals surface area contributed by atoms with E-state index >= 15 is 0 Å². The van der Waals surface area contributed by atoms with E-state index in [2.05, 4.69) is 15.6 Å². The first-order valence-corrected chi connectivity index (χ1v) is 7.48. The van der Waals surface area contributed by atoms with E-state index in [1.165, 1.54) is 31.5 Å². The fraction of sp³-hybridized carbons (Fsp3) is 0.667. The Morgan fingerprint density at radius 1 is 1.40 bits per heavy atom. The molecule has 3 rings (SSSR count). The maximum atomic E-state index is 12.8. The molecule has 1 aliphatic heterocycles. The highest BCUT2D eigenvalue weighted by Crippen LogP contribution is 2.29. The van der Waals surface area contributed by atoms with Crippen molar-refractivity contribution in [2.24, 2.45) is 5.92 Å². The van der Waals surface area contributed by atoms with E-state index in [0.717, 1.165) is 25.5 Å². The van der Waals surface area contributed by atoms with E-state index in [9.17, 15) is 4.39 Å². The number of hydrogen-bond donors (Lipinski definition) is 2. The van der Waals surface area contributed by atoms with Gasteiger partial charge in [-0.05, 0) is 30.9 Å². The highest BCUT2D eigenvalue weighted by Gasteiger charge is 2.34. The van der Waals surface area contributed by atoms with Gasteiger partial charge in [0.2, 0.25) is 0 Å². The van der Waals surface area contributed by atoms with Crippen LogP contribution in [0.2, 0.25) is 0 Å². The first kappa shape index (κ1) is 13.9. The summed E-state index contributed by atoms with van der Waals surface area (Å²) >= 11 is 0. The normalized spacial score (nSPS) is 30.6. The van der Waals surface area contributed by atoms with Gasteiger partial charge in [0.05, 0.1) is 25.1 Å². The lowest BCUT2D eigenvalue weighted by Crippen LogP contribution is -2.50. The SMILES string of the molecule is Fc1ccc(CNC2CCCC2C2COCCN2)nc1. The molecule has 110 valence electrons. The molecule has 0 amide bonds. The highest BCUT2D eigenvalue weighted by atomic mass is 19.1. The smallest absolute Gasteiger partial charge is 0.141 e. The maximum Gasteiger partial charge on any atom is 0.141 e. The van der Waals surface area contributed by atoms with Crippen molar-refractivity contribution in [3.63, 3.8) is 0 Å². The van der Waals surface area contributed by atoms with E-state index in [-0.39, 0.29) is 5.82 Å². The fourth-order valence-corrected chi connectivity index (χ4v) is 3.33. The van der Waals surface area contributed by atoms with Crippen molar-refractivity contribution in [2.75, 3.05) is 19.8 Å². The van der Waals surface area contributed by atoms with Gasteiger partial charge in [-0.25, -0.2) is 4.39 Å². The molecule has 4 nitrogen and oxygen atoms in total. The molecule has 2 fully saturated rings. The van der Waals surface area contributed by atoms with Crippen molar-refractivity contribution in [1.82, 2.24) is 15.6 Å². The number of aromatic nitrogens is 1. The summed E-state index contributed by atoms with van der Waals surface area (Å²) in [6.45, 7) is 3.29. The summed E-state index contributed by atoms with van der Waals surface area (Å²) in [6.07, 6.45) is 4.98. The highest BCUT2D eigenvalue weighted by molar-refractivity contribution is 5.05. The summed E-state index contributed by atoms with van der Waals surface area (Å²) in [5.41, 5.74) is 0.893. The largest absolute Gasteiger partial charge is 0.379 e. The molecule has 0 aromatic carbocycles. The van der Waals surface area contributed by atoms with Gasteiger partial charge < -0.3 is 15.4 Å². The van der Waals surface area contributed by atoms with E-state index in [0.29, 0.717) is 24.5 Å². The zero-order chi connectivity index (χ0) is 13.8. The lowest BCUT2D eigenvalue weighted by Gasteiger charge is -2.33. The second-order valence-electron chi connectivity index (χ2n) is 5.69. The Morgan fingerprint density at radius 3 is 3.10 bits per heavy atom. The summed E-state index contributed by atoms with van der Waals surface area (Å²) in [5, 5.41) is 7.15. The van der Waals surface area contributed by atoms with Gasteiger partial charge in [0.25, 0.3) is 0 Å². The summed E-state index contributed by atoms with van der Waals surface area (Å²) in [5.74, 6) is 0.340. The van der Waals surface area contributed by atoms with E-state index in [4.69, 9.17) is 4.74 Å². The molecule has 1 saturated heterocycles. The van der Waals surface area contributed by atoms with Crippen LogP contribution >= 0.6 is 0 Å². The van der Waals surface area contributed by atoms with Gasteiger partial charge in [0.15, 0.2) is 0 Å². The van der Waals surface area contributed by atoms with Crippen molar-refractivity contribution < 1.29 is 9.13 Å². The Morgan fingerprint density at radius 2 is 2.35 bits per heavy atom. The lowest BCUT2D eigenvalue weighted by molar-refractivity contribution is 0.0524. The van der Waals surface area contributed by atoms with Crippen LogP contribution in [0.15, 0.2) is 18.3 Å². The van der Waals surface area contributed by atoms with Crippen molar-refractivity contribution in [3.05, 3.63) is 29.8 Å². The van der Waals surface area contributed by atoms with Gasteiger partial charge in [-0.3, -0.25) is 4.98 Å². The van der Waals surface area contributed by atoms with Gasteiger partial charge in [0, 0.05) is 25.2 Å². The van der Waals surface area contributed by atoms with E-state index in [1.807, 2.05) is 0 Å². The first-order chi connectivity index (χ1) is 9.83. The Balaban J connectivity index is 1.54. The molecule has 0 bridgehead atoms. The second kappa shape index (κ2) is 6.61. The number of pyridine rings is 1. The number of nitrogens with one attached hydrogen (secondary N) is 2. The zero-order valence-corrected chi connectivity index (χ0v) is 11.6. The standard InChI is InChI=1S/C15H22FN3O/c16-11-4-5-12(18-8-11)9-19-14-3-1-2-13(14)15-10-20-7-6-17-15/h4-5,8,13-15,17,19H,1-3,6-7,9-10H2. The van der Waals surface area contributed by atoms with Gasteiger partial charge in [-0.2, -0.15) is 0 Å². The van der Waals surface area contributed by atoms with Crippen LogP contribution in [0.25, 0.3) is 0 Å². The number of nitrogens with zero attached hydrogens (tertiary/aromatic N) is 1. The molecule has 1 aromatic rings. The van der Waals surface area contributed by atoms with Gasteiger partial charge in [-0.1, -0.05) is 6.42 Å². The van der Waals surface area contributed by atoms with Crippen LogP contribution in [-0.2, 0) is 11.3 Å². The summed E-state index contributed by atoms with van der Waals surface area (Å²) in [4.78, 5) is 4.10. The molecule has 2 heterocycles. The average Bonchev–Trinajstić information content (AvgIpc) is 2.96. The molecule has 1 aromatic heterocycles. The minimum absolute atomic E-state index is 0.281. The molecule has 0 spiro atoms. The molecule has 1 saturated carbocycles. The van der Waals surface area contributed by atoms with Crippen molar-refractivity contribution in [1.29, 1.82) is 0 Å². The third-order valence-corrected chi connectivity index (χ3v) is 4.37. The molecule has 20 heavy (non-hydrogen) atoms. The maximum absolute atomic E-state index is 12.8. The van der Waals surface area contributed by atoms with Crippen molar-refractivity contribution in [3.8, 4) is 0 Å². The van der Waals surface area contributed by atoms with Crippen LogP contribution in [-0.4, -0.2) is 36.8 Å². The molecule has 2 aliphatic rings. The van der Waals surface area contributed by atoms with Crippen molar-refractivity contribution in [2.45, 2.75) is 37.9 Å². The van der Waals surface area contributed by atoms with Gasteiger partial charge in [0.1, 0.15) is 5.82 Å². The Labute approximate surface area is 119 Å². The molecular weight excluding hydrogens is 257 g/mol. The quantitative estimate of drug-likeness (QED) is 0.876. The third kappa shape index (κ3) is 3.34. The molecule has 2 N–H and O–H groups in total. The van der Waals surface area contributed by atoms with Crippen LogP contribution < -0.4 is 10.6 Å². The van der Waals surface area contributed by atoms with Gasteiger partial charge >= 0.3 is 0 Å². The molecule has 5 heteroatoms. The Bertz CT molecular complexity index is 420. The first-order valence-electron chi connectivity index (χ1n) is 7.48. The fourth-order valence-electron chi connectivity index (χ4n) is 3.33. The molecule has 0 radical (unpaired) electrons. The second-order valence-corrected chi connectivity index (χ2v) is 5.69. The summed E-state index contributed by atoms with van der Waals surface area (Å²) in [7, 11) is 0.